The number of alkyl halides is 3. The first kappa shape index (κ1) is 20.1. The third-order valence-electron chi connectivity index (χ3n) is 4.16. The average Bonchev–Trinajstić information content (AvgIpc) is 2.94. The lowest BCUT2D eigenvalue weighted by Gasteiger charge is -2.33. The van der Waals surface area contributed by atoms with Gasteiger partial charge >= 0.3 is 12.1 Å². The summed E-state index contributed by atoms with van der Waals surface area (Å²) in [5.74, 6) is -3.38. The molecule has 1 fully saturated rings. The summed E-state index contributed by atoms with van der Waals surface area (Å²) < 4.78 is 43.7. The van der Waals surface area contributed by atoms with Crippen molar-refractivity contribution in [3.05, 3.63) is 25.9 Å². The third-order valence-corrected chi connectivity index (χ3v) is 5.18. The number of rotatable bonds is 5. The fraction of sp³-hybridized carbons (Fsp3) is 0.600. The standard InChI is InChI=1S/C15H17F3N2O5S/c1-8-11(20(23)24)6-12(26-8)14(22)25-7-13(21)19-10-5-3-2-4-9(10)15(16,17)18/h6,9-10H,2-5,7H2,1H3,(H,19,21)/t9-,10-/m1/s1. The minimum atomic E-state index is -4.40. The van der Waals surface area contributed by atoms with Crippen molar-refractivity contribution in [3.8, 4) is 0 Å². The summed E-state index contributed by atoms with van der Waals surface area (Å²) in [6, 6.07) is 0.00107. The van der Waals surface area contributed by atoms with Crippen LogP contribution >= 0.6 is 11.3 Å². The van der Waals surface area contributed by atoms with Crippen LogP contribution in [0.2, 0.25) is 0 Å². The van der Waals surface area contributed by atoms with E-state index in [0.29, 0.717) is 17.7 Å². The molecule has 1 aliphatic carbocycles. The second-order valence-electron chi connectivity index (χ2n) is 5.99. The molecule has 0 spiro atoms. The highest BCUT2D eigenvalue weighted by molar-refractivity contribution is 7.14. The fourth-order valence-corrected chi connectivity index (χ4v) is 3.78. The van der Waals surface area contributed by atoms with E-state index in [1.54, 1.807) is 0 Å². The Balaban J connectivity index is 1.90. The molecule has 7 nitrogen and oxygen atoms in total. The van der Waals surface area contributed by atoms with Gasteiger partial charge in [0.1, 0.15) is 4.88 Å². The molecule has 1 saturated carbocycles. The van der Waals surface area contributed by atoms with Crippen molar-refractivity contribution in [2.75, 3.05) is 6.61 Å². The zero-order chi connectivity index (χ0) is 19.5. The van der Waals surface area contributed by atoms with Gasteiger partial charge < -0.3 is 10.1 Å². The third kappa shape index (κ3) is 4.93. The maximum absolute atomic E-state index is 13.0. The van der Waals surface area contributed by atoms with Crippen molar-refractivity contribution in [1.29, 1.82) is 0 Å². The number of nitrogens with zero attached hydrogens (tertiary/aromatic N) is 1. The number of nitro groups is 1. The molecule has 1 aromatic heterocycles. The molecule has 1 aromatic rings. The highest BCUT2D eigenvalue weighted by Gasteiger charge is 2.45. The van der Waals surface area contributed by atoms with Crippen molar-refractivity contribution in [3.63, 3.8) is 0 Å². The Morgan fingerprint density at radius 1 is 1.38 bits per heavy atom. The van der Waals surface area contributed by atoms with Gasteiger partial charge in [-0.3, -0.25) is 14.9 Å². The summed E-state index contributed by atoms with van der Waals surface area (Å²) in [6.45, 7) is 0.720. The highest BCUT2D eigenvalue weighted by Crippen LogP contribution is 2.37. The average molecular weight is 394 g/mol. The van der Waals surface area contributed by atoms with E-state index >= 15 is 0 Å². The van der Waals surface area contributed by atoms with E-state index in [1.807, 2.05) is 0 Å². The number of hydrogen-bond acceptors (Lipinski definition) is 6. The van der Waals surface area contributed by atoms with Crippen LogP contribution < -0.4 is 5.32 Å². The number of nitrogens with one attached hydrogen (secondary N) is 1. The first-order valence-electron chi connectivity index (χ1n) is 7.87. The molecule has 0 aliphatic heterocycles. The lowest BCUT2D eigenvalue weighted by atomic mass is 9.84. The van der Waals surface area contributed by atoms with Crippen LogP contribution in [0.25, 0.3) is 0 Å². The molecule has 11 heteroatoms. The summed E-state index contributed by atoms with van der Waals surface area (Å²) in [7, 11) is 0. The molecule has 2 rings (SSSR count). The van der Waals surface area contributed by atoms with Crippen molar-refractivity contribution in [2.45, 2.75) is 44.8 Å². The Morgan fingerprint density at radius 3 is 2.62 bits per heavy atom. The van der Waals surface area contributed by atoms with Gasteiger partial charge in [-0.25, -0.2) is 4.79 Å². The molecule has 1 heterocycles. The molecular weight excluding hydrogens is 377 g/mol. The largest absolute Gasteiger partial charge is 0.451 e. The van der Waals surface area contributed by atoms with Crippen molar-refractivity contribution < 1.29 is 32.4 Å². The summed E-state index contributed by atoms with van der Waals surface area (Å²) in [5, 5.41) is 13.0. The quantitative estimate of drug-likeness (QED) is 0.469. The molecule has 26 heavy (non-hydrogen) atoms. The van der Waals surface area contributed by atoms with Gasteiger partial charge in [0.25, 0.3) is 11.6 Å². The van der Waals surface area contributed by atoms with E-state index in [2.05, 4.69) is 5.32 Å². The molecule has 1 aliphatic rings. The minimum absolute atomic E-state index is 0.0483. The molecule has 1 N–H and O–H groups in total. The molecule has 0 aromatic carbocycles. The van der Waals surface area contributed by atoms with Crippen LogP contribution in [0.3, 0.4) is 0 Å². The molecule has 0 unspecified atom stereocenters. The molecular formula is C15H17F3N2O5S. The van der Waals surface area contributed by atoms with Crippen molar-refractivity contribution in [1.82, 2.24) is 5.32 Å². The van der Waals surface area contributed by atoms with Gasteiger partial charge in [-0.2, -0.15) is 13.2 Å². The van der Waals surface area contributed by atoms with Crippen molar-refractivity contribution in [2.24, 2.45) is 5.92 Å². The number of esters is 1. The SMILES string of the molecule is Cc1sc(C(=O)OCC(=O)N[C@@H]2CCCC[C@H]2C(F)(F)F)cc1[N+](=O)[O-]. The Morgan fingerprint density at radius 2 is 2.04 bits per heavy atom. The summed E-state index contributed by atoms with van der Waals surface area (Å²) in [6.07, 6.45) is -3.22. The van der Waals surface area contributed by atoms with Crippen LogP contribution in [-0.2, 0) is 9.53 Å². The Labute approximate surface area is 150 Å². The van der Waals surface area contributed by atoms with Crippen LogP contribution in [-0.4, -0.2) is 35.6 Å². The lowest BCUT2D eigenvalue weighted by molar-refractivity contribution is -0.385. The predicted molar refractivity (Wildman–Crippen MR) is 85.9 cm³/mol. The van der Waals surface area contributed by atoms with Gasteiger partial charge in [-0.15, -0.1) is 11.3 Å². The van der Waals surface area contributed by atoms with Crippen LogP contribution in [0.15, 0.2) is 6.07 Å². The van der Waals surface area contributed by atoms with Gasteiger partial charge in [-0.05, 0) is 19.8 Å². The second kappa shape index (κ2) is 8.02. The smallest absolute Gasteiger partial charge is 0.393 e. The van der Waals surface area contributed by atoms with E-state index in [0.717, 1.165) is 17.4 Å². The van der Waals surface area contributed by atoms with Crippen LogP contribution in [0, 0.1) is 23.0 Å². The van der Waals surface area contributed by atoms with Crippen LogP contribution in [0.4, 0.5) is 18.9 Å². The molecule has 2 atom stereocenters. The Hall–Kier alpha value is -2.17. The maximum atomic E-state index is 13.0. The summed E-state index contributed by atoms with van der Waals surface area (Å²) in [5.41, 5.74) is -0.235. The number of ether oxygens (including phenoxy) is 1. The monoisotopic (exact) mass is 394 g/mol. The van der Waals surface area contributed by atoms with E-state index in [1.165, 1.54) is 6.92 Å². The predicted octanol–water partition coefficient (Wildman–Crippen LogP) is 3.36. The van der Waals surface area contributed by atoms with Gasteiger partial charge in [0.05, 0.1) is 15.7 Å². The number of halogens is 3. The first-order chi connectivity index (χ1) is 12.1. The number of amides is 1. The maximum Gasteiger partial charge on any atom is 0.393 e. The molecule has 0 bridgehead atoms. The highest BCUT2D eigenvalue weighted by atomic mass is 32.1. The molecule has 0 radical (unpaired) electrons. The number of thiophene rings is 1. The molecule has 144 valence electrons. The normalized spacial score (nSPS) is 20.5. The van der Waals surface area contributed by atoms with Gasteiger partial charge in [0.15, 0.2) is 6.61 Å². The van der Waals surface area contributed by atoms with Crippen LogP contribution in [0.1, 0.15) is 40.2 Å². The Bertz CT molecular complexity index is 704. The van der Waals surface area contributed by atoms with E-state index in [9.17, 15) is 32.9 Å². The number of hydrogen-bond donors (Lipinski definition) is 1. The van der Waals surface area contributed by atoms with Gasteiger partial charge in [0.2, 0.25) is 0 Å². The fourth-order valence-electron chi connectivity index (χ4n) is 2.90. The zero-order valence-corrected chi connectivity index (χ0v) is 14.6. The van der Waals surface area contributed by atoms with Gasteiger partial charge in [-0.1, -0.05) is 12.8 Å². The number of aryl methyl sites for hydroxylation is 1. The zero-order valence-electron chi connectivity index (χ0n) is 13.8. The number of carbonyl (C=O) groups excluding carboxylic acids is 2. The van der Waals surface area contributed by atoms with E-state index in [-0.39, 0.29) is 23.4 Å². The minimum Gasteiger partial charge on any atom is -0.451 e. The van der Waals surface area contributed by atoms with Crippen molar-refractivity contribution >= 4 is 28.9 Å². The number of carbonyl (C=O) groups is 2. The van der Waals surface area contributed by atoms with E-state index < -0.39 is 41.5 Å². The first-order valence-corrected chi connectivity index (χ1v) is 8.69. The lowest BCUT2D eigenvalue weighted by Crippen LogP contribution is -2.48. The van der Waals surface area contributed by atoms with Crippen LogP contribution in [0.5, 0.6) is 0 Å². The summed E-state index contributed by atoms with van der Waals surface area (Å²) >= 11 is 0.845. The van der Waals surface area contributed by atoms with E-state index in [4.69, 9.17) is 4.74 Å². The second-order valence-corrected chi connectivity index (χ2v) is 7.25. The topological polar surface area (TPSA) is 98.5 Å². The summed E-state index contributed by atoms with van der Waals surface area (Å²) in [4.78, 5) is 34.1. The van der Waals surface area contributed by atoms with Gasteiger partial charge in [0, 0.05) is 12.1 Å². The molecule has 0 saturated heterocycles. The Kier molecular flexibility index (Phi) is 6.21. The molecule has 1 amide bonds.